The molecule has 3 nitrogen and oxygen atoms in total. The predicted octanol–water partition coefficient (Wildman–Crippen LogP) is 4.14. The molecule has 0 saturated heterocycles. The van der Waals surface area contributed by atoms with Crippen molar-refractivity contribution in [3.8, 4) is 17.2 Å². The van der Waals surface area contributed by atoms with E-state index < -0.39 is 0 Å². The van der Waals surface area contributed by atoms with E-state index in [0.717, 1.165) is 22.4 Å². The first-order valence-electron chi connectivity index (χ1n) is 6.62. The highest BCUT2D eigenvalue weighted by atomic mass is 79.9. The first kappa shape index (κ1) is 14.9. The van der Waals surface area contributed by atoms with E-state index in [1.807, 2.05) is 49.4 Å². The van der Waals surface area contributed by atoms with Crippen molar-refractivity contribution in [3.05, 3.63) is 52.5 Å². The Bertz CT molecular complexity index is 572. The summed E-state index contributed by atoms with van der Waals surface area (Å²) < 4.78 is 12.4. The van der Waals surface area contributed by atoms with Crippen LogP contribution in [-0.2, 0) is 6.42 Å². The number of nitrogens with two attached hydrogens (primary N) is 1. The molecule has 0 atom stereocenters. The molecule has 2 aromatic rings. The molecular weight excluding hydrogens is 318 g/mol. The van der Waals surface area contributed by atoms with Crippen molar-refractivity contribution in [2.24, 2.45) is 5.73 Å². The van der Waals surface area contributed by atoms with Crippen molar-refractivity contribution in [3.63, 3.8) is 0 Å². The van der Waals surface area contributed by atoms with E-state index in [0.29, 0.717) is 18.9 Å². The lowest BCUT2D eigenvalue weighted by Gasteiger charge is -2.12. The second-order valence-electron chi connectivity index (χ2n) is 4.27. The van der Waals surface area contributed by atoms with Gasteiger partial charge in [0, 0.05) is 4.47 Å². The number of hydrogen-bond acceptors (Lipinski definition) is 3. The first-order chi connectivity index (χ1) is 9.74. The van der Waals surface area contributed by atoms with E-state index in [4.69, 9.17) is 15.2 Å². The van der Waals surface area contributed by atoms with E-state index in [2.05, 4.69) is 15.9 Å². The van der Waals surface area contributed by atoms with Gasteiger partial charge < -0.3 is 15.2 Å². The zero-order valence-corrected chi connectivity index (χ0v) is 13.0. The van der Waals surface area contributed by atoms with Gasteiger partial charge in [-0.3, -0.25) is 0 Å². The topological polar surface area (TPSA) is 44.5 Å². The Kier molecular flexibility index (Phi) is 5.44. The third-order valence-electron chi connectivity index (χ3n) is 2.82. The highest BCUT2D eigenvalue weighted by Crippen LogP contribution is 2.33. The van der Waals surface area contributed by atoms with Gasteiger partial charge in [0.05, 0.1) is 6.61 Å². The minimum Gasteiger partial charge on any atom is -0.490 e. The quantitative estimate of drug-likeness (QED) is 0.862. The number of ether oxygens (including phenoxy) is 2. The Morgan fingerprint density at radius 3 is 2.50 bits per heavy atom. The minimum absolute atomic E-state index is 0.611. The lowest BCUT2D eigenvalue weighted by atomic mass is 10.1. The predicted molar refractivity (Wildman–Crippen MR) is 84.6 cm³/mol. The Morgan fingerprint density at radius 2 is 1.85 bits per heavy atom. The Morgan fingerprint density at radius 1 is 1.10 bits per heavy atom. The maximum absolute atomic E-state index is 5.89. The molecule has 0 heterocycles. The summed E-state index contributed by atoms with van der Waals surface area (Å²) in [6.07, 6.45) is 0.844. The number of benzene rings is 2. The Balaban J connectivity index is 2.20. The van der Waals surface area contributed by atoms with Gasteiger partial charge in [-0.15, -0.1) is 0 Å². The van der Waals surface area contributed by atoms with Crippen LogP contribution in [0.4, 0.5) is 0 Å². The van der Waals surface area contributed by atoms with E-state index in [9.17, 15) is 0 Å². The van der Waals surface area contributed by atoms with Crippen LogP contribution >= 0.6 is 15.9 Å². The van der Waals surface area contributed by atoms with Crippen LogP contribution in [0.15, 0.2) is 46.9 Å². The van der Waals surface area contributed by atoms with Crippen molar-refractivity contribution < 1.29 is 9.47 Å². The van der Waals surface area contributed by atoms with Crippen LogP contribution < -0.4 is 15.2 Å². The molecule has 4 heteroatoms. The van der Waals surface area contributed by atoms with Gasteiger partial charge in [0.15, 0.2) is 11.5 Å². The fourth-order valence-electron chi connectivity index (χ4n) is 1.89. The summed E-state index contributed by atoms with van der Waals surface area (Å²) in [6, 6.07) is 13.6. The highest BCUT2D eigenvalue weighted by Gasteiger charge is 2.07. The van der Waals surface area contributed by atoms with E-state index in [-0.39, 0.29) is 0 Å². The second kappa shape index (κ2) is 7.31. The molecule has 0 saturated carbocycles. The monoisotopic (exact) mass is 335 g/mol. The lowest BCUT2D eigenvalue weighted by molar-refractivity contribution is 0.321. The van der Waals surface area contributed by atoms with Crippen molar-refractivity contribution in [2.45, 2.75) is 13.3 Å². The van der Waals surface area contributed by atoms with Crippen molar-refractivity contribution >= 4 is 15.9 Å². The van der Waals surface area contributed by atoms with Crippen LogP contribution in [0.25, 0.3) is 0 Å². The zero-order valence-electron chi connectivity index (χ0n) is 11.4. The van der Waals surface area contributed by atoms with Gasteiger partial charge in [-0.05, 0) is 49.7 Å². The van der Waals surface area contributed by atoms with Crippen molar-refractivity contribution in [1.82, 2.24) is 0 Å². The average Bonchev–Trinajstić information content (AvgIpc) is 2.44. The maximum atomic E-state index is 5.89. The summed E-state index contributed by atoms with van der Waals surface area (Å²) in [5.74, 6) is 2.23. The third kappa shape index (κ3) is 3.74. The molecule has 0 fully saturated rings. The summed E-state index contributed by atoms with van der Waals surface area (Å²) in [4.78, 5) is 0. The molecule has 0 aliphatic heterocycles. The van der Waals surface area contributed by atoms with Crippen LogP contribution in [0, 0.1) is 0 Å². The summed E-state index contributed by atoms with van der Waals surface area (Å²) in [7, 11) is 0. The van der Waals surface area contributed by atoms with Crippen LogP contribution in [0.1, 0.15) is 12.5 Å². The van der Waals surface area contributed by atoms with Crippen LogP contribution in [-0.4, -0.2) is 13.2 Å². The number of para-hydroxylation sites is 2. The van der Waals surface area contributed by atoms with Gasteiger partial charge in [0.2, 0.25) is 0 Å². The largest absolute Gasteiger partial charge is 0.490 e. The number of halogens is 1. The lowest BCUT2D eigenvalue weighted by Crippen LogP contribution is -2.03. The number of hydrogen-bond donors (Lipinski definition) is 1. The molecule has 2 aromatic carbocycles. The fraction of sp³-hybridized carbons (Fsp3) is 0.250. The van der Waals surface area contributed by atoms with Gasteiger partial charge in [0.25, 0.3) is 0 Å². The number of rotatable bonds is 6. The summed E-state index contributed by atoms with van der Waals surface area (Å²) in [5, 5.41) is 0. The molecule has 0 radical (unpaired) electrons. The van der Waals surface area contributed by atoms with Gasteiger partial charge in [-0.25, -0.2) is 0 Å². The Labute approximate surface area is 127 Å². The summed E-state index contributed by atoms with van der Waals surface area (Å²) in [6.45, 7) is 3.19. The third-order valence-corrected chi connectivity index (χ3v) is 3.55. The zero-order chi connectivity index (χ0) is 14.4. The minimum atomic E-state index is 0.611. The molecule has 0 bridgehead atoms. The molecule has 0 amide bonds. The van der Waals surface area contributed by atoms with E-state index in [1.165, 1.54) is 5.56 Å². The normalized spacial score (nSPS) is 10.3. The molecule has 2 N–H and O–H groups in total. The molecule has 0 aromatic heterocycles. The SMILES string of the molecule is CCOc1ccccc1Oc1ccc(CCN)c(Br)c1. The van der Waals surface area contributed by atoms with Crippen molar-refractivity contribution in [1.29, 1.82) is 0 Å². The standard InChI is InChI=1S/C16H18BrNO2/c1-2-19-15-5-3-4-6-16(15)20-13-8-7-12(9-10-18)14(17)11-13/h3-8,11H,2,9-10,18H2,1H3. The smallest absolute Gasteiger partial charge is 0.169 e. The molecule has 0 aliphatic carbocycles. The molecule has 2 rings (SSSR count). The second-order valence-corrected chi connectivity index (χ2v) is 5.13. The van der Waals surface area contributed by atoms with Gasteiger partial charge in [0.1, 0.15) is 5.75 Å². The highest BCUT2D eigenvalue weighted by molar-refractivity contribution is 9.10. The first-order valence-corrected chi connectivity index (χ1v) is 7.42. The maximum Gasteiger partial charge on any atom is 0.169 e. The average molecular weight is 336 g/mol. The van der Waals surface area contributed by atoms with E-state index in [1.54, 1.807) is 0 Å². The van der Waals surface area contributed by atoms with Crippen LogP contribution in [0.2, 0.25) is 0 Å². The molecule has 0 spiro atoms. The molecule has 0 unspecified atom stereocenters. The van der Waals surface area contributed by atoms with Gasteiger partial charge >= 0.3 is 0 Å². The summed E-state index contributed by atoms with van der Waals surface area (Å²) in [5.41, 5.74) is 6.75. The molecule has 20 heavy (non-hydrogen) atoms. The summed E-state index contributed by atoms with van der Waals surface area (Å²) >= 11 is 3.54. The Hall–Kier alpha value is -1.52. The molecular formula is C16H18BrNO2. The fourth-order valence-corrected chi connectivity index (χ4v) is 2.44. The van der Waals surface area contributed by atoms with Crippen LogP contribution in [0.5, 0.6) is 17.2 Å². The molecule has 106 valence electrons. The molecule has 0 aliphatic rings. The van der Waals surface area contributed by atoms with Gasteiger partial charge in [-0.1, -0.05) is 34.1 Å². The van der Waals surface area contributed by atoms with Crippen molar-refractivity contribution in [2.75, 3.05) is 13.2 Å². The van der Waals surface area contributed by atoms with E-state index >= 15 is 0 Å². The van der Waals surface area contributed by atoms with Crippen LogP contribution in [0.3, 0.4) is 0 Å². The van der Waals surface area contributed by atoms with Gasteiger partial charge in [-0.2, -0.15) is 0 Å².